The normalized spacial score (nSPS) is 11.5. The van der Waals surface area contributed by atoms with E-state index in [-0.39, 0.29) is 0 Å². The van der Waals surface area contributed by atoms with Crippen molar-refractivity contribution < 1.29 is 0 Å². The molecule has 124 valence electrons. The molecule has 0 bridgehead atoms. The third-order valence-electron chi connectivity index (χ3n) is 3.50. The van der Waals surface area contributed by atoms with Crippen molar-refractivity contribution in [3.05, 3.63) is 63.1 Å². The van der Waals surface area contributed by atoms with Crippen LogP contribution in [-0.2, 0) is 13.0 Å². The van der Waals surface area contributed by atoms with Crippen molar-refractivity contribution in [2.75, 3.05) is 13.6 Å². The van der Waals surface area contributed by atoms with E-state index < -0.39 is 0 Å². The molecule has 0 unspecified atom stereocenters. The van der Waals surface area contributed by atoms with Gasteiger partial charge >= 0.3 is 0 Å². The first kappa shape index (κ1) is 16.7. The van der Waals surface area contributed by atoms with Crippen molar-refractivity contribution in [2.45, 2.75) is 13.0 Å². The molecule has 0 fully saturated rings. The molecule has 0 radical (unpaired) electrons. The molecule has 4 nitrogen and oxygen atoms in total. The van der Waals surface area contributed by atoms with Crippen molar-refractivity contribution >= 4 is 28.6 Å². The second kappa shape index (κ2) is 8.61. The topological polar surface area (TPSA) is 49.3 Å². The minimum Gasteiger partial charge on any atom is -0.356 e. The maximum atomic E-state index is 4.68. The largest absolute Gasteiger partial charge is 0.356 e. The fraction of sp³-hybridized carbons (Fsp3) is 0.222. The summed E-state index contributed by atoms with van der Waals surface area (Å²) in [5.41, 5.74) is 2.18. The Balaban J connectivity index is 1.48. The Morgan fingerprint density at radius 2 is 1.96 bits per heavy atom. The average Bonchev–Trinajstić information content (AvgIpc) is 3.30. The zero-order chi connectivity index (χ0) is 16.6. The molecule has 0 aliphatic heterocycles. The molecular weight excluding hydrogens is 336 g/mol. The smallest absolute Gasteiger partial charge is 0.191 e. The van der Waals surface area contributed by atoms with E-state index in [0.29, 0.717) is 6.54 Å². The highest BCUT2D eigenvalue weighted by atomic mass is 32.1. The van der Waals surface area contributed by atoms with Gasteiger partial charge in [0.05, 0.1) is 12.2 Å². The van der Waals surface area contributed by atoms with E-state index in [9.17, 15) is 0 Å². The van der Waals surface area contributed by atoms with Crippen LogP contribution in [0.25, 0.3) is 11.3 Å². The van der Waals surface area contributed by atoms with E-state index in [2.05, 4.69) is 55.6 Å². The van der Waals surface area contributed by atoms with Gasteiger partial charge in [0.25, 0.3) is 0 Å². The summed E-state index contributed by atoms with van der Waals surface area (Å²) in [6.07, 6.45) is 1.01. The molecule has 2 aromatic heterocycles. The van der Waals surface area contributed by atoms with Crippen LogP contribution in [-0.4, -0.2) is 24.5 Å². The second-order valence-corrected chi connectivity index (χ2v) is 7.15. The molecule has 2 heterocycles. The lowest BCUT2D eigenvalue weighted by Gasteiger charge is -2.10. The monoisotopic (exact) mass is 356 g/mol. The molecule has 24 heavy (non-hydrogen) atoms. The number of hydrogen-bond acceptors (Lipinski definition) is 4. The molecule has 0 atom stereocenters. The molecule has 6 heteroatoms. The average molecular weight is 357 g/mol. The molecule has 1 aromatic carbocycles. The molecular formula is C18H20N4S2. The van der Waals surface area contributed by atoms with Crippen molar-refractivity contribution in [1.82, 2.24) is 15.6 Å². The third kappa shape index (κ3) is 4.66. The SMILES string of the molecule is CN=C(NCCc1cccs1)NCc1nc(-c2ccccc2)cs1. The molecule has 3 aromatic rings. The van der Waals surface area contributed by atoms with Crippen LogP contribution in [0.3, 0.4) is 0 Å². The quantitative estimate of drug-likeness (QED) is 0.522. The standard InChI is InChI=1S/C18H20N4S2/c1-19-18(20-10-9-15-8-5-11-23-15)21-12-17-22-16(13-24-17)14-6-3-2-4-7-14/h2-8,11,13H,9-10,12H2,1H3,(H2,19,20,21). The number of thiophene rings is 1. The Morgan fingerprint density at radius 1 is 1.08 bits per heavy atom. The highest BCUT2D eigenvalue weighted by Crippen LogP contribution is 2.21. The molecule has 2 N–H and O–H groups in total. The molecule has 0 spiro atoms. The number of aromatic nitrogens is 1. The van der Waals surface area contributed by atoms with E-state index in [0.717, 1.165) is 35.2 Å². The molecule has 0 saturated carbocycles. The van der Waals surface area contributed by atoms with E-state index in [1.54, 1.807) is 29.7 Å². The second-order valence-electron chi connectivity index (χ2n) is 5.17. The number of aliphatic imine (C=N–C) groups is 1. The van der Waals surface area contributed by atoms with Gasteiger partial charge in [-0.2, -0.15) is 0 Å². The number of nitrogens with one attached hydrogen (secondary N) is 2. The van der Waals surface area contributed by atoms with Crippen molar-refractivity contribution in [1.29, 1.82) is 0 Å². The van der Waals surface area contributed by atoms with Crippen LogP contribution in [0.15, 0.2) is 58.2 Å². The minimum atomic E-state index is 0.677. The summed E-state index contributed by atoms with van der Waals surface area (Å²) >= 11 is 3.45. The Bertz CT molecular complexity index is 763. The molecule has 0 aliphatic carbocycles. The summed E-state index contributed by atoms with van der Waals surface area (Å²) in [6.45, 7) is 1.55. The zero-order valence-corrected chi connectivity index (χ0v) is 15.2. The number of benzene rings is 1. The van der Waals surface area contributed by atoms with E-state index >= 15 is 0 Å². The van der Waals surface area contributed by atoms with Crippen LogP contribution >= 0.6 is 22.7 Å². The van der Waals surface area contributed by atoms with Gasteiger partial charge in [0.1, 0.15) is 5.01 Å². The summed E-state index contributed by atoms with van der Waals surface area (Å²) in [7, 11) is 1.79. The van der Waals surface area contributed by atoms with Crippen molar-refractivity contribution in [2.24, 2.45) is 4.99 Å². The van der Waals surface area contributed by atoms with Crippen LogP contribution < -0.4 is 10.6 Å². The summed E-state index contributed by atoms with van der Waals surface area (Å²) < 4.78 is 0. The molecule has 0 saturated heterocycles. The Labute approximate surface area is 150 Å². The first-order chi connectivity index (χ1) is 11.8. The van der Waals surface area contributed by atoms with Crippen LogP contribution in [0.5, 0.6) is 0 Å². The Kier molecular flexibility index (Phi) is 5.98. The van der Waals surface area contributed by atoms with Gasteiger partial charge in [-0.3, -0.25) is 4.99 Å². The number of guanidine groups is 1. The lowest BCUT2D eigenvalue weighted by molar-refractivity contribution is 0.796. The molecule has 0 amide bonds. The van der Waals surface area contributed by atoms with Gasteiger partial charge in [-0.15, -0.1) is 22.7 Å². The van der Waals surface area contributed by atoms with Gasteiger partial charge in [0.15, 0.2) is 5.96 Å². The number of rotatable bonds is 6. The fourth-order valence-electron chi connectivity index (χ4n) is 2.27. The maximum absolute atomic E-state index is 4.68. The van der Waals surface area contributed by atoms with E-state index in [1.165, 1.54) is 4.88 Å². The highest BCUT2D eigenvalue weighted by Gasteiger charge is 2.05. The summed E-state index contributed by atoms with van der Waals surface area (Å²) in [6, 6.07) is 14.5. The molecule has 3 rings (SSSR count). The van der Waals surface area contributed by atoms with Crippen molar-refractivity contribution in [3.8, 4) is 11.3 Å². The summed E-state index contributed by atoms with van der Waals surface area (Å²) in [5.74, 6) is 0.808. The van der Waals surface area contributed by atoms with Gasteiger partial charge in [-0.1, -0.05) is 36.4 Å². The van der Waals surface area contributed by atoms with Crippen LogP contribution in [0.4, 0.5) is 0 Å². The number of hydrogen-bond donors (Lipinski definition) is 2. The van der Waals surface area contributed by atoms with Crippen molar-refractivity contribution in [3.63, 3.8) is 0 Å². The van der Waals surface area contributed by atoms with E-state index in [1.807, 2.05) is 18.2 Å². The number of nitrogens with zero attached hydrogens (tertiary/aromatic N) is 2. The van der Waals surface area contributed by atoms with Gasteiger partial charge < -0.3 is 10.6 Å². The Morgan fingerprint density at radius 3 is 2.71 bits per heavy atom. The van der Waals surface area contributed by atoms with Gasteiger partial charge in [-0.25, -0.2) is 4.98 Å². The van der Waals surface area contributed by atoms with Gasteiger partial charge in [0.2, 0.25) is 0 Å². The zero-order valence-electron chi connectivity index (χ0n) is 13.5. The van der Waals surface area contributed by atoms with Crippen LogP contribution in [0, 0.1) is 0 Å². The fourth-order valence-corrected chi connectivity index (χ4v) is 3.72. The predicted octanol–water partition coefficient (Wildman–Crippen LogP) is 3.78. The molecule has 0 aliphatic rings. The van der Waals surface area contributed by atoms with E-state index in [4.69, 9.17) is 0 Å². The predicted molar refractivity (Wildman–Crippen MR) is 104 cm³/mol. The van der Waals surface area contributed by atoms with Crippen LogP contribution in [0.1, 0.15) is 9.88 Å². The Hall–Kier alpha value is -2.18. The first-order valence-corrected chi connectivity index (χ1v) is 9.58. The highest BCUT2D eigenvalue weighted by molar-refractivity contribution is 7.10. The van der Waals surface area contributed by atoms with Crippen LogP contribution in [0.2, 0.25) is 0 Å². The lowest BCUT2D eigenvalue weighted by atomic mass is 10.2. The lowest BCUT2D eigenvalue weighted by Crippen LogP contribution is -2.37. The summed E-state index contributed by atoms with van der Waals surface area (Å²) in [4.78, 5) is 10.3. The first-order valence-electron chi connectivity index (χ1n) is 7.82. The maximum Gasteiger partial charge on any atom is 0.191 e. The minimum absolute atomic E-state index is 0.677. The number of thiazole rings is 1. The van der Waals surface area contributed by atoms with Gasteiger partial charge in [0, 0.05) is 29.4 Å². The summed E-state index contributed by atoms with van der Waals surface area (Å²) in [5, 5.41) is 11.9. The third-order valence-corrected chi connectivity index (χ3v) is 5.28. The van der Waals surface area contributed by atoms with Gasteiger partial charge in [-0.05, 0) is 17.9 Å².